The monoisotopic (exact) mass is 258 g/mol. The molecule has 3 heteroatoms. The van der Waals surface area contributed by atoms with Crippen molar-refractivity contribution in [2.24, 2.45) is 7.05 Å². The summed E-state index contributed by atoms with van der Waals surface area (Å²) in [6, 6.07) is 0. The van der Waals surface area contributed by atoms with Crippen LogP contribution >= 0.6 is 0 Å². The maximum atomic E-state index is 4.33. The van der Waals surface area contributed by atoms with Crippen LogP contribution in [0.2, 0.25) is 4.44 Å². The second-order valence-corrected chi connectivity index (χ2v) is 6.35. The Labute approximate surface area is 78.2 Å². The van der Waals surface area contributed by atoms with E-state index in [1.54, 1.807) is 0 Å². The van der Waals surface area contributed by atoms with Crippen molar-refractivity contribution in [3.8, 4) is 0 Å². The van der Waals surface area contributed by atoms with Gasteiger partial charge in [0.15, 0.2) is 0 Å². The van der Waals surface area contributed by atoms with Gasteiger partial charge < -0.3 is 0 Å². The zero-order valence-electron chi connectivity index (χ0n) is 7.17. The summed E-state index contributed by atoms with van der Waals surface area (Å²) in [7, 11) is 2.09. The molecule has 0 N–H and O–H groups in total. The molecule has 0 spiro atoms. The van der Waals surface area contributed by atoms with Gasteiger partial charge in [0, 0.05) is 0 Å². The van der Waals surface area contributed by atoms with Crippen molar-refractivity contribution >= 4 is 25.0 Å². The molecule has 0 aliphatic carbocycles. The molecule has 0 aliphatic heterocycles. The quantitative estimate of drug-likeness (QED) is 0.580. The van der Waals surface area contributed by atoms with E-state index in [0.29, 0.717) is 0 Å². The molecule has 0 amide bonds. The van der Waals surface area contributed by atoms with E-state index in [1.165, 1.54) is 21.1 Å². The first-order valence-electron chi connectivity index (χ1n) is 4.05. The van der Waals surface area contributed by atoms with E-state index >= 15 is 0 Å². The number of unbranched alkanes of at least 4 members (excludes halogenated alkanes) is 1. The van der Waals surface area contributed by atoms with Crippen molar-refractivity contribution < 1.29 is 0 Å². The Hall–Kier alpha value is 0.00870. The van der Waals surface area contributed by atoms with Gasteiger partial charge in [-0.05, 0) is 0 Å². The van der Waals surface area contributed by atoms with Gasteiger partial charge in [0.1, 0.15) is 0 Å². The van der Waals surface area contributed by atoms with E-state index in [0.717, 1.165) is 0 Å². The predicted octanol–water partition coefficient (Wildman–Crippen LogP) is 0.968. The Kier molecular flexibility index (Phi) is 3.97. The fourth-order valence-electron chi connectivity index (χ4n) is 0.913. The van der Waals surface area contributed by atoms with Crippen LogP contribution in [0.5, 0.6) is 0 Å². The third-order valence-corrected chi connectivity index (χ3v) is 5.63. The minimum atomic E-state index is -0.322. The molecule has 2 radical (unpaired) electrons. The Balaban J connectivity index is 2.32. The van der Waals surface area contributed by atoms with Crippen LogP contribution in [0.1, 0.15) is 19.8 Å². The van der Waals surface area contributed by atoms with Crippen LogP contribution in [0.15, 0.2) is 12.4 Å². The molecule has 2 nitrogen and oxygen atoms in total. The molecule has 0 unspecified atom stereocenters. The zero-order chi connectivity index (χ0) is 8.10. The summed E-state index contributed by atoms with van der Waals surface area (Å²) >= 11 is -0.322. The summed E-state index contributed by atoms with van der Waals surface area (Å²) in [6.07, 6.45) is 6.66. The second kappa shape index (κ2) is 4.80. The Morgan fingerprint density at radius 2 is 2.45 bits per heavy atom. The Morgan fingerprint density at radius 3 is 3.00 bits per heavy atom. The standard InChI is InChI=1S/C4H5N2.C4H9.Sn/c1-6-3-2-5-4-6;1-3-4-2;/h2-3H,1H3;1,3-4H2,2H3;. The molecule has 1 heterocycles. The maximum absolute atomic E-state index is 4.33. The van der Waals surface area contributed by atoms with E-state index in [-0.39, 0.29) is 21.1 Å². The first-order valence-corrected chi connectivity index (χ1v) is 7.50. The molecule has 1 aromatic heterocycles. The number of hydrogen-bond acceptors (Lipinski definition) is 1. The van der Waals surface area contributed by atoms with Gasteiger partial charge in [-0.2, -0.15) is 0 Å². The normalized spacial score (nSPS) is 10.4. The fourth-order valence-corrected chi connectivity index (χ4v) is 4.46. The molecular formula is C8H14N2Sn. The van der Waals surface area contributed by atoms with E-state index < -0.39 is 0 Å². The van der Waals surface area contributed by atoms with Gasteiger partial charge in [-0.3, -0.25) is 0 Å². The van der Waals surface area contributed by atoms with Crippen LogP contribution in [-0.4, -0.2) is 30.7 Å². The number of imidazole rings is 1. The molecule has 0 atom stereocenters. The van der Waals surface area contributed by atoms with E-state index in [1.807, 2.05) is 12.4 Å². The minimum absolute atomic E-state index is 0.322. The summed E-state index contributed by atoms with van der Waals surface area (Å²) in [5, 5.41) is 0. The molecule has 1 rings (SSSR count). The van der Waals surface area contributed by atoms with E-state index in [2.05, 4.69) is 23.5 Å². The summed E-state index contributed by atoms with van der Waals surface area (Å²) in [5.41, 5.74) is 0. The SMILES string of the molecule is CCC[CH2][Sn][c]1nccn1C. The van der Waals surface area contributed by atoms with Gasteiger partial charge in [-0.15, -0.1) is 0 Å². The first-order chi connectivity index (χ1) is 5.34. The van der Waals surface area contributed by atoms with Gasteiger partial charge >= 0.3 is 78.2 Å². The van der Waals surface area contributed by atoms with Crippen LogP contribution in [-0.2, 0) is 7.05 Å². The molecular weight excluding hydrogens is 243 g/mol. The number of aromatic nitrogens is 2. The second-order valence-electron chi connectivity index (χ2n) is 2.64. The van der Waals surface area contributed by atoms with Gasteiger partial charge in [0.2, 0.25) is 0 Å². The van der Waals surface area contributed by atoms with Gasteiger partial charge in [-0.1, -0.05) is 0 Å². The van der Waals surface area contributed by atoms with E-state index in [9.17, 15) is 0 Å². The van der Waals surface area contributed by atoms with Crippen LogP contribution in [0.3, 0.4) is 0 Å². The molecule has 0 aromatic carbocycles. The summed E-state index contributed by atoms with van der Waals surface area (Å²) in [6.45, 7) is 2.25. The molecule has 0 bridgehead atoms. The molecule has 60 valence electrons. The van der Waals surface area contributed by atoms with E-state index in [4.69, 9.17) is 0 Å². The van der Waals surface area contributed by atoms with Gasteiger partial charge in [0.25, 0.3) is 0 Å². The molecule has 1 aromatic rings. The third kappa shape index (κ3) is 2.85. The molecule has 0 aliphatic rings. The summed E-state index contributed by atoms with van der Waals surface area (Å²) in [5.74, 6) is 0. The first kappa shape index (κ1) is 9.10. The van der Waals surface area contributed by atoms with Crippen molar-refractivity contribution in [3.05, 3.63) is 12.4 Å². The number of rotatable bonds is 4. The van der Waals surface area contributed by atoms with Crippen LogP contribution in [0.25, 0.3) is 0 Å². The zero-order valence-corrected chi connectivity index (χ0v) is 10.0. The van der Waals surface area contributed by atoms with Crippen LogP contribution in [0.4, 0.5) is 0 Å². The number of hydrogen-bond donors (Lipinski definition) is 0. The Bertz CT molecular complexity index is 208. The molecule has 0 saturated heterocycles. The predicted molar refractivity (Wildman–Crippen MR) is 48.3 cm³/mol. The van der Waals surface area contributed by atoms with Crippen LogP contribution in [0, 0.1) is 0 Å². The topological polar surface area (TPSA) is 17.8 Å². The average Bonchev–Trinajstić information content (AvgIpc) is 2.37. The molecule has 0 fully saturated rings. The van der Waals surface area contributed by atoms with Crippen molar-refractivity contribution in [1.82, 2.24) is 9.55 Å². The fraction of sp³-hybridized carbons (Fsp3) is 0.625. The molecule has 11 heavy (non-hydrogen) atoms. The van der Waals surface area contributed by atoms with Crippen molar-refractivity contribution in [1.29, 1.82) is 0 Å². The third-order valence-electron chi connectivity index (χ3n) is 1.63. The Morgan fingerprint density at radius 1 is 1.64 bits per heavy atom. The van der Waals surface area contributed by atoms with Crippen LogP contribution < -0.4 is 3.84 Å². The summed E-state index contributed by atoms with van der Waals surface area (Å²) in [4.78, 5) is 4.33. The van der Waals surface area contributed by atoms with Gasteiger partial charge in [-0.25, -0.2) is 0 Å². The number of aryl methyl sites for hydroxylation is 1. The van der Waals surface area contributed by atoms with Crippen molar-refractivity contribution in [2.75, 3.05) is 0 Å². The van der Waals surface area contributed by atoms with Gasteiger partial charge in [0.05, 0.1) is 0 Å². The molecule has 0 saturated carbocycles. The van der Waals surface area contributed by atoms with Crippen molar-refractivity contribution in [2.45, 2.75) is 24.2 Å². The van der Waals surface area contributed by atoms with Crippen molar-refractivity contribution in [3.63, 3.8) is 0 Å². The summed E-state index contributed by atoms with van der Waals surface area (Å²) < 4.78 is 4.98. The number of nitrogens with zero attached hydrogens (tertiary/aromatic N) is 2. The average molecular weight is 257 g/mol.